The second-order valence-electron chi connectivity index (χ2n) is 6.77. The second kappa shape index (κ2) is 11.9. The van der Waals surface area contributed by atoms with Crippen LogP contribution in [0.5, 0.6) is 11.5 Å². The van der Waals surface area contributed by atoms with Gasteiger partial charge in [-0.3, -0.25) is 4.79 Å². The van der Waals surface area contributed by atoms with E-state index in [9.17, 15) is 9.59 Å². The first kappa shape index (κ1) is 24.0. The van der Waals surface area contributed by atoms with E-state index in [1.54, 1.807) is 42.5 Å². The summed E-state index contributed by atoms with van der Waals surface area (Å²) in [6.45, 7) is 3.54. The Morgan fingerprint density at radius 1 is 1.03 bits per heavy atom. The van der Waals surface area contributed by atoms with Crippen LogP contribution >= 0.6 is 23.2 Å². The number of hydrazone groups is 1. The monoisotopic (exact) mass is 482 g/mol. The zero-order chi connectivity index (χ0) is 23.6. The van der Waals surface area contributed by atoms with E-state index in [0.717, 1.165) is 5.56 Å². The molecule has 0 aliphatic heterocycles. The largest absolute Gasteiger partial charge is 0.483 e. The van der Waals surface area contributed by atoms with Gasteiger partial charge in [0.25, 0.3) is 5.91 Å². The van der Waals surface area contributed by atoms with Crippen LogP contribution in [0.25, 0.3) is 0 Å². The van der Waals surface area contributed by atoms with Gasteiger partial charge in [0.15, 0.2) is 6.61 Å². The van der Waals surface area contributed by atoms with E-state index < -0.39 is 11.9 Å². The maximum absolute atomic E-state index is 12.3. The number of nitrogens with zero attached hydrogens (tertiary/aromatic N) is 1. The Hall–Kier alpha value is -3.61. The van der Waals surface area contributed by atoms with Crippen molar-refractivity contribution in [3.05, 3.63) is 106 Å². The molecule has 3 aromatic rings. The second-order valence-corrected chi connectivity index (χ2v) is 7.61. The summed E-state index contributed by atoms with van der Waals surface area (Å²) in [5, 5.41) is 4.55. The number of halogens is 2. The lowest BCUT2D eigenvalue weighted by Gasteiger charge is -2.09. The van der Waals surface area contributed by atoms with Crippen LogP contribution in [0.3, 0.4) is 0 Å². The fourth-order valence-electron chi connectivity index (χ4n) is 2.76. The van der Waals surface area contributed by atoms with Crippen LogP contribution in [0.1, 0.15) is 21.5 Å². The highest BCUT2D eigenvalue weighted by atomic mass is 35.5. The third-order valence-corrected chi connectivity index (χ3v) is 4.89. The number of para-hydroxylation sites is 1. The van der Waals surface area contributed by atoms with Gasteiger partial charge in [0.1, 0.15) is 11.5 Å². The van der Waals surface area contributed by atoms with Gasteiger partial charge in [-0.15, -0.1) is 6.58 Å². The van der Waals surface area contributed by atoms with E-state index in [1.165, 1.54) is 18.3 Å². The van der Waals surface area contributed by atoms with Crippen molar-refractivity contribution in [1.82, 2.24) is 5.43 Å². The van der Waals surface area contributed by atoms with Crippen LogP contribution in [0, 0.1) is 0 Å². The van der Waals surface area contributed by atoms with Gasteiger partial charge in [0, 0.05) is 5.02 Å². The molecule has 0 spiro atoms. The molecule has 0 aromatic heterocycles. The topological polar surface area (TPSA) is 77.0 Å². The highest BCUT2D eigenvalue weighted by molar-refractivity contribution is 6.36. The highest BCUT2D eigenvalue weighted by Crippen LogP contribution is 2.23. The third-order valence-electron chi connectivity index (χ3n) is 4.34. The Morgan fingerprint density at radius 3 is 2.52 bits per heavy atom. The highest BCUT2D eigenvalue weighted by Gasteiger charge is 2.13. The SMILES string of the molecule is C=CCc1ccccc1OCC(=O)N/N=C/c1ccc(OC(=O)c2ccc(Cl)cc2Cl)cc1. The van der Waals surface area contributed by atoms with Gasteiger partial charge in [0.2, 0.25) is 0 Å². The van der Waals surface area contributed by atoms with Gasteiger partial charge >= 0.3 is 5.97 Å². The van der Waals surface area contributed by atoms with Gasteiger partial charge in [0.05, 0.1) is 16.8 Å². The number of carbonyl (C=O) groups excluding carboxylic acids is 2. The van der Waals surface area contributed by atoms with Crippen LogP contribution in [0.2, 0.25) is 10.0 Å². The quantitative estimate of drug-likeness (QED) is 0.144. The van der Waals surface area contributed by atoms with Crippen LogP contribution in [0.4, 0.5) is 0 Å². The molecular weight excluding hydrogens is 463 g/mol. The van der Waals surface area contributed by atoms with Crippen molar-refractivity contribution in [3.63, 3.8) is 0 Å². The lowest BCUT2D eigenvalue weighted by atomic mass is 10.1. The fourth-order valence-corrected chi connectivity index (χ4v) is 3.25. The Labute approximate surface area is 201 Å². The van der Waals surface area contributed by atoms with Crippen molar-refractivity contribution in [2.75, 3.05) is 6.61 Å². The number of hydrogen-bond donors (Lipinski definition) is 1. The van der Waals surface area contributed by atoms with Gasteiger partial charge in [-0.25, -0.2) is 10.2 Å². The molecule has 0 bridgehead atoms. The minimum absolute atomic E-state index is 0.173. The number of carbonyl (C=O) groups is 2. The number of esters is 1. The van der Waals surface area contributed by atoms with Gasteiger partial charge in [-0.1, -0.05) is 47.5 Å². The molecule has 3 aromatic carbocycles. The molecule has 1 amide bonds. The first-order valence-corrected chi connectivity index (χ1v) is 10.6. The predicted molar refractivity (Wildman–Crippen MR) is 129 cm³/mol. The molecule has 0 radical (unpaired) electrons. The molecular formula is C25H20Cl2N2O4. The molecule has 8 heteroatoms. The van der Waals surface area contributed by atoms with Gasteiger partial charge < -0.3 is 9.47 Å². The molecule has 0 aliphatic rings. The smallest absolute Gasteiger partial charge is 0.345 e. The first-order valence-electron chi connectivity index (χ1n) is 9.87. The van der Waals surface area contributed by atoms with Crippen molar-refractivity contribution in [2.24, 2.45) is 5.10 Å². The molecule has 1 N–H and O–H groups in total. The number of allylic oxidation sites excluding steroid dienone is 1. The van der Waals surface area contributed by atoms with Crippen molar-refractivity contribution >= 4 is 41.3 Å². The standard InChI is InChI=1S/C25H20Cl2N2O4/c1-2-5-18-6-3-4-7-23(18)32-16-24(30)29-28-15-17-8-11-20(12-9-17)33-25(31)21-13-10-19(26)14-22(21)27/h2-4,6-15H,1,5,16H2,(H,29,30)/b28-15+. The molecule has 0 saturated carbocycles. The number of nitrogens with one attached hydrogen (secondary N) is 1. The average Bonchev–Trinajstić information content (AvgIpc) is 2.80. The summed E-state index contributed by atoms with van der Waals surface area (Å²) in [5.74, 6) is -0.0367. The van der Waals surface area contributed by atoms with Crippen molar-refractivity contribution in [3.8, 4) is 11.5 Å². The van der Waals surface area contributed by atoms with E-state index in [1.807, 2.05) is 18.2 Å². The number of benzene rings is 3. The summed E-state index contributed by atoms with van der Waals surface area (Å²) in [5.41, 5.74) is 4.26. The van der Waals surface area contributed by atoms with E-state index in [2.05, 4.69) is 17.1 Å². The molecule has 0 fully saturated rings. The normalized spacial score (nSPS) is 10.6. The summed E-state index contributed by atoms with van der Waals surface area (Å²) in [4.78, 5) is 24.2. The predicted octanol–water partition coefficient (Wildman–Crippen LogP) is 5.47. The average molecular weight is 483 g/mol. The van der Waals surface area contributed by atoms with Crippen molar-refractivity contribution < 1.29 is 19.1 Å². The lowest BCUT2D eigenvalue weighted by molar-refractivity contribution is -0.123. The molecule has 33 heavy (non-hydrogen) atoms. The summed E-state index contributed by atoms with van der Waals surface area (Å²) in [7, 11) is 0. The fraction of sp³-hybridized carbons (Fsp3) is 0.0800. The Balaban J connectivity index is 1.49. The minimum atomic E-state index is -0.597. The summed E-state index contributed by atoms with van der Waals surface area (Å²) >= 11 is 11.9. The first-order chi connectivity index (χ1) is 16.0. The Kier molecular flexibility index (Phi) is 8.63. The summed E-state index contributed by atoms with van der Waals surface area (Å²) in [6.07, 6.45) is 3.88. The van der Waals surface area contributed by atoms with E-state index in [-0.39, 0.29) is 17.2 Å². The zero-order valence-electron chi connectivity index (χ0n) is 17.5. The molecule has 0 saturated heterocycles. The molecule has 0 aliphatic carbocycles. The van der Waals surface area contributed by atoms with Crippen LogP contribution in [-0.2, 0) is 11.2 Å². The Morgan fingerprint density at radius 2 is 1.79 bits per heavy atom. The van der Waals surface area contributed by atoms with E-state index in [0.29, 0.717) is 28.5 Å². The van der Waals surface area contributed by atoms with Crippen LogP contribution < -0.4 is 14.9 Å². The van der Waals surface area contributed by atoms with E-state index in [4.69, 9.17) is 32.7 Å². The lowest BCUT2D eigenvalue weighted by Crippen LogP contribution is -2.24. The Bertz CT molecular complexity index is 1180. The maximum atomic E-state index is 12.3. The van der Waals surface area contributed by atoms with Crippen LogP contribution in [-0.4, -0.2) is 24.7 Å². The maximum Gasteiger partial charge on any atom is 0.345 e. The number of amides is 1. The van der Waals surface area contributed by atoms with Crippen LogP contribution in [0.15, 0.2) is 84.5 Å². The molecule has 0 atom stereocenters. The summed E-state index contributed by atoms with van der Waals surface area (Å²) < 4.78 is 10.9. The zero-order valence-corrected chi connectivity index (χ0v) is 19.0. The molecule has 6 nitrogen and oxygen atoms in total. The number of ether oxygens (including phenoxy) is 2. The molecule has 168 valence electrons. The third kappa shape index (κ3) is 7.20. The molecule has 0 unspecified atom stereocenters. The number of rotatable bonds is 9. The van der Waals surface area contributed by atoms with E-state index >= 15 is 0 Å². The summed E-state index contributed by atoms with van der Waals surface area (Å²) in [6, 6.07) is 18.5. The van der Waals surface area contributed by atoms with Gasteiger partial charge in [-0.05, 0) is 66.1 Å². The van der Waals surface area contributed by atoms with Crippen molar-refractivity contribution in [2.45, 2.75) is 6.42 Å². The van der Waals surface area contributed by atoms with Gasteiger partial charge in [-0.2, -0.15) is 5.10 Å². The van der Waals surface area contributed by atoms with Crippen molar-refractivity contribution in [1.29, 1.82) is 0 Å². The molecule has 3 rings (SSSR count). The minimum Gasteiger partial charge on any atom is -0.483 e. The number of hydrogen-bond acceptors (Lipinski definition) is 5. The molecule has 0 heterocycles.